The highest BCUT2D eigenvalue weighted by molar-refractivity contribution is 9.10. The molecule has 1 aromatic carbocycles. The average Bonchev–Trinajstić information content (AvgIpc) is 2.00. The van der Waals surface area contributed by atoms with Crippen molar-refractivity contribution in [2.24, 2.45) is 0 Å². The Balaban J connectivity index is 3.36. The summed E-state index contributed by atoms with van der Waals surface area (Å²) in [6.07, 6.45) is 0. The van der Waals surface area contributed by atoms with Crippen LogP contribution in [-0.2, 0) is 0 Å². The van der Waals surface area contributed by atoms with Crippen molar-refractivity contribution >= 4 is 33.2 Å². The zero-order chi connectivity index (χ0) is 9.30. The smallest absolute Gasteiger partial charge is 0.258 e. The van der Waals surface area contributed by atoms with Gasteiger partial charge >= 0.3 is 0 Å². The monoisotopic (exact) mass is 249 g/mol. The van der Waals surface area contributed by atoms with E-state index in [1.807, 2.05) is 0 Å². The van der Waals surface area contributed by atoms with Crippen molar-refractivity contribution in [3.8, 4) is 0 Å². The van der Waals surface area contributed by atoms with Crippen molar-refractivity contribution < 1.29 is 4.92 Å². The number of nitrogens with zero attached hydrogens (tertiary/aromatic N) is 1. The summed E-state index contributed by atoms with van der Waals surface area (Å²) in [6, 6.07) is 3.04. The highest BCUT2D eigenvalue weighted by Gasteiger charge is 2.15. The Kier molecular flexibility index (Phi) is 2.69. The molecular weight excluding hydrogens is 245 g/mol. The molecule has 0 saturated heterocycles. The first-order valence-electron chi connectivity index (χ1n) is 3.13. The Hall–Kier alpha value is -0.610. The third-order valence-electron chi connectivity index (χ3n) is 1.45. The molecule has 12 heavy (non-hydrogen) atoms. The Morgan fingerprint density at radius 1 is 1.58 bits per heavy atom. The third-order valence-corrected chi connectivity index (χ3v) is 2.97. The van der Waals surface area contributed by atoms with Crippen LogP contribution in [0.5, 0.6) is 0 Å². The second kappa shape index (κ2) is 3.41. The van der Waals surface area contributed by atoms with Crippen LogP contribution in [0, 0.1) is 17.0 Å². The van der Waals surface area contributed by atoms with Crippen LogP contribution >= 0.6 is 27.5 Å². The first-order valence-corrected chi connectivity index (χ1v) is 4.30. The number of hydrogen-bond donors (Lipinski definition) is 0. The van der Waals surface area contributed by atoms with Gasteiger partial charge in [0.15, 0.2) is 0 Å². The van der Waals surface area contributed by atoms with Crippen LogP contribution in [-0.4, -0.2) is 4.92 Å². The molecule has 64 valence electrons. The minimum atomic E-state index is -0.477. The SMILES string of the molecule is Cc1ccc([N+](=O)[O-])c(Br)c1Cl. The quantitative estimate of drug-likeness (QED) is 0.567. The zero-order valence-electron chi connectivity index (χ0n) is 6.17. The van der Waals surface area contributed by atoms with Gasteiger partial charge in [0.1, 0.15) is 4.47 Å². The van der Waals surface area contributed by atoms with Crippen molar-refractivity contribution in [1.29, 1.82) is 0 Å². The molecule has 0 radical (unpaired) electrons. The minimum absolute atomic E-state index is 0.00870. The number of nitro groups is 1. The number of hydrogen-bond acceptors (Lipinski definition) is 2. The van der Waals surface area contributed by atoms with E-state index in [9.17, 15) is 10.1 Å². The summed E-state index contributed by atoms with van der Waals surface area (Å²) >= 11 is 8.83. The maximum Gasteiger partial charge on any atom is 0.285 e. The van der Waals surface area contributed by atoms with E-state index in [0.717, 1.165) is 5.56 Å². The summed E-state index contributed by atoms with van der Waals surface area (Å²) in [5, 5.41) is 10.8. The average molecular weight is 250 g/mol. The molecule has 0 spiro atoms. The topological polar surface area (TPSA) is 43.1 Å². The van der Waals surface area contributed by atoms with E-state index < -0.39 is 4.92 Å². The van der Waals surface area contributed by atoms with Crippen molar-refractivity contribution in [2.75, 3.05) is 0 Å². The molecule has 0 N–H and O–H groups in total. The molecule has 1 aromatic rings. The van der Waals surface area contributed by atoms with Crippen LogP contribution in [0.15, 0.2) is 16.6 Å². The van der Waals surface area contributed by atoms with Crippen LogP contribution in [0.4, 0.5) is 5.69 Å². The molecule has 0 fully saturated rings. The highest BCUT2D eigenvalue weighted by Crippen LogP contribution is 2.33. The second-order valence-electron chi connectivity index (χ2n) is 2.29. The van der Waals surface area contributed by atoms with Crippen molar-refractivity contribution in [3.05, 3.63) is 37.3 Å². The minimum Gasteiger partial charge on any atom is -0.258 e. The summed E-state index contributed by atoms with van der Waals surface area (Å²) in [6.45, 7) is 1.79. The molecule has 0 aliphatic carbocycles. The lowest BCUT2D eigenvalue weighted by Crippen LogP contribution is -1.90. The van der Waals surface area contributed by atoms with Gasteiger partial charge in [-0.15, -0.1) is 0 Å². The van der Waals surface area contributed by atoms with E-state index in [-0.39, 0.29) is 5.69 Å². The molecule has 0 aromatic heterocycles. The Bertz CT molecular complexity index is 340. The highest BCUT2D eigenvalue weighted by atomic mass is 79.9. The normalized spacial score (nSPS) is 9.92. The predicted molar refractivity (Wildman–Crippen MR) is 50.5 cm³/mol. The number of halogens is 2. The zero-order valence-corrected chi connectivity index (χ0v) is 8.52. The Labute approximate surface area is 82.6 Å². The number of benzene rings is 1. The van der Waals surface area contributed by atoms with E-state index in [1.165, 1.54) is 6.07 Å². The molecular formula is C7H5BrClNO2. The van der Waals surface area contributed by atoms with E-state index in [0.29, 0.717) is 9.50 Å². The van der Waals surface area contributed by atoms with Crippen LogP contribution in [0.3, 0.4) is 0 Å². The van der Waals surface area contributed by atoms with Crippen LogP contribution in [0.1, 0.15) is 5.56 Å². The Morgan fingerprint density at radius 3 is 2.67 bits per heavy atom. The molecule has 3 nitrogen and oxygen atoms in total. The van der Waals surface area contributed by atoms with Crippen molar-refractivity contribution in [3.63, 3.8) is 0 Å². The van der Waals surface area contributed by atoms with Gasteiger partial charge in [-0.2, -0.15) is 0 Å². The summed E-state index contributed by atoms with van der Waals surface area (Å²) in [4.78, 5) is 9.93. The van der Waals surface area contributed by atoms with Gasteiger partial charge in [0.2, 0.25) is 0 Å². The van der Waals surface area contributed by atoms with E-state index in [2.05, 4.69) is 15.9 Å². The summed E-state index contributed by atoms with van der Waals surface area (Å²) in [5.74, 6) is 0. The molecule has 0 unspecified atom stereocenters. The van der Waals surface area contributed by atoms with Gasteiger partial charge in [0.25, 0.3) is 5.69 Å². The predicted octanol–water partition coefficient (Wildman–Crippen LogP) is 3.32. The standard InChI is InChI=1S/C7H5BrClNO2/c1-4-2-3-5(10(11)12)6(8)7(4)9/h2-3H,1H3. The lowest BCUT2D eigenvalue weighted by atomic mass is 10.2. The van der Waals surface area contributed by atoms with Crippen molar-refractivity contribution in [2.45, 2.75) is 6.92 Å². The van der Waals surface area contributed by atoms with Gasteiger partial charge in [-0.1, -0.05) is 17.7 Å². The summed E-state index contributed by atoms with van der Waals surface area (Å²) in [5.41, 5.74) is 0.805. The fraction of sp³-hybridized carbons (Fsp3) is 0.143. The van der Waals surface area contributed by atoms with Crippen LogP contribution in [0.2, 0.25) is 5.02 Å². The first kappa shape index (κ1) is 9.48. The van der Waals surface area contributed by atoms with Gasteiger partial charge in [0.05, 0.1) is 9.95 Å². The molecule has 0 aliphatic heterocycles. The maximum absolute atomic E-state index is 10.4. The van der Waals surface area contributed by atoms with Gasteiger partial charge in [0, 0.05) is 6.07 Å². The molecule has 1 rings (SSSR count). The molecule has 0 bridgehead atoms. The number of rotatable bonds is 1. The summed E-state index contributed by atoms with van der Waals surface area (Å²) in [7, 11) is 0. The molecule has 0 saturated carbocycles. The fourth-order valence-corrected chi connectivity index (χ4v) is 1.53. The van der Waals surface area contributed by atoms with Crippen LogP contribution in [0.25, 0.3) is 0 Å². The Morgan fingerprint density at radius 2 is 2.17 bits per heavy atom. The van der Waals surface area contributed by atoms with Gasteiger partial charge in [-0.25, -0.2) is 0 Å². The lowest BCUT2D eigenvalue weighted by molar-refractivity contribution is -0.385. The molecule has 0 amide bonds. The lowest BCUT2D eigenvalue weighted by Gasteiger charge is -2.00. The van der Waals surface area contributed by atoms with Gasteiger partial charge < -0.3 is 0 Å². The van der Waals surface area contributed by atoms with Crippen LogP contribution < -0.4 is 0 Å². The van der Waals surface area contributed by atoms with E-state index in [1.54, 1.807) is 13.0 Å². The fourth-order valence-electron chi connectivity index (χ4n) is 0.777. The summed E-state index contributed by atoms with van der Waals surface area (Å²) < 4.78 is 0.342. The second-order valence-corrected chi connectivity index (χ2v) is 3.46. The molecule has 0 atom stereocenters. The molecule has 0 aliphatic rings. The number of nitro benzene ring substituents is 1. The third kappa shape index (κ3) is 1.59. The number of aryl methyl sites for hydroxylation is 1. The maximum atomic E-state index is 10.4. The van der Waals surface area contributed by atoms with E-state index in [4.69, 9.17) is 11.6 Å². The molecule has 5 heteroatoms. The van der Waals surface area contributed by atoms with E-state index >= 15 is 0 Å². The van der Waals surface area contributed by atoms with Gasteiger partial charge in [-0.3, -0.25) is 10.1 Å². The largest absolute Gasteiger partial charge is 0.285 e. The van der Waals surface area contributed by atoms with Crippen molar-refractivity contribution in [1.82, 2.24) is 0 Å². The van der Waals surface area contributed by atoms with Gasteiger partial charge in [-0.05, 0) is 28.4 Å². The molecule has 0 heterocycles. The first-order chi connectivity index (χ1) is 5.54.